The van der Waals surface area contributed by atoms with Gasteiger partial charge in [-0.15, -0.1) is 0 Å². The first kappa shape index (κ1) is 26.2. The lowest BCUT2D eigenvalue weighted by molar-refractivity contribution is -0.389. The van der Waals surface area contributed by atoms with Crippen LogP contribution in [0.4, 0.5) is 5.69 Å². The van der Waals surface area contributed by atoms with Crippen LogP contribution in [0.3, 0.4) is 0 Å². The third kappa shape index (κ3) is 5.14. The zero-order chi connectivity index (χ0) is 25.9. The number of ether oxygens (including phenoxy) is 2. The molecule has 1 aliphatic carbocycles. The number of carboxylic acid groups (broad SMARTS) is 1. The van der Waals surface area contributed by atoms with Gasteiger partial charge in [-0.25, -0.2) is 4.79 Å². The Morgan fingerprint density at radius 3 is 2.44 bits per heavy atom. The molecule has 0 spiro atoms. The summed E-state index contributed by atoms with van der Waals surface area (Å²) in [5.74, 6) is -3.35. The number of aliphatic carboxylic acids is 1. The maximum Gasteiger partial charge on any atom is 0.366 e. The van der Waals surface area contributed by atoms with Gasteiger partial charge in [0.05, 0.1) is 23.1 Å². The molecule has 10 nitrogen and oxygen atoms in total. The first-order valence-electron chi connectivity index (χ1n) is 12.2. The van der Waals surface area contributed by atoms with E-state index >= 15 is 0 Å². The molecule has 36 heavy (non-hydrogen) atoms. The van der Waals surface area contributed by atoms with E-state index in [1.807, 2.05) is 44.2 Å². The molecule has 10 heteroatoms. The van der Waals surface area contributed by atoms with Crippen LogP contribution in [0.5, 0.6) is 0 Å². The summed E-state index contributed by atoms with van der Waals surface area (Å²) in [5, 5.41) is 29.1. The van der Waals surface area contributed by atoms with E-state index in [9.17, 15) is 20.0 Å². The minimum Gasteiger partial charge on any atom is -0.477 e. The summed E-state index contributed by atoms with van der Waals surface area (Å²) >= 11 is 0. The van der Waals surface area contributed by atoms with Crippen LogP contribution in [-0.2, 0) is 20.7 Å². The molecule has 4 rings (SSSR count). The van der Waals surface area contributed by atoms with E-state index in [1.165, 1.54) is 6.07 Å². The largest absolute Gasteiger partial charge is 0.477 e. The van der Waals surface area contributed by atoms with E-state index in [1.54, 1.807) is 18.2 Å². The van der Waals surface area contributed by atoms with Gasteiger partial charge in [-0.05, 0) is 30.9 Å². The summed E-state index contributed by atoms with van der Waals surface area (Å²) in [6, 6.07) is 15.1. The first-order valence-corrected chi connectivity index (χ1v) is 12.2. The lowest BCUT2D eigenvalue weighted by Crippen LogP contribution is -2.69. The van der Waals surface area contributed by atoms with Gasteiger partial charge in [0.15, 0.2) is 0 Å². The van der Waals surface area contributed by atoms with Gasteiger partial charge in [0.1, 0.15) is 6.10 Å². The van der Waals surface area contributed by atoms with Crippen molar-refractivity contribution in [2.24, 2.45) is 11.1 Å². The Balaban J connectivity index is 1.74. The maximum atomic E-state index is 13.0. The van der Waals surface area contributed by atoms with Crippen LogP contribution in [0.1, 0.15) is 43.9 Å². The van der Waals surface area contributed by atoms with Gasteiger partial charge < -0.3 is 30.9 Å². The van der Waals surface area contributed by atoms with E-state index in [4.69, 9.17) is 15.2 Å². The number of carboxylic acids is 1. The molecule has 1 heterocycles. The molecular weight excluding hydrogens is 464 g/mol. The Morgan fingerprint density at radius 2 is 1.83 bits per heavy atom. The van der Waals surface area contributed by atoms with Gasteiger partial charge >= 0.3 is 5.97 Å². The Bertz CT molecular complexity index is 1080. The van der Waals surface area contributed by atoms with Crippen LogP contribution < -0.4 is 16.4 Å². The second kappa shape index (κ2) is 10.6. The predicted octanol–water partition coefficient (Wildman–Crippen LogP) is 2.73. The molecule has 1 aliphatic heterocycles. The molecule has 0 amide bonds. The number of carbonyl (C=O) groups is 1. The summed E-state index contributed by atoms with van der Waals surface area (Å²) < 4.78 is 12.5. The fraction of sp³-hybridized carbons (Fsp3) is 0.500. The number of nitrogens with zero attached hydrogens (tertiary/aromatic N) is 1. The van der Waals surface area contributed by atoms with E-state index in [0.29, 0.717) is 18.7 Å². The van der Waals surface area contributed by atoms with Gasteiger partial charge in [-0.3, -0.25) is 10.1 Å². The van der Waals surface area contributed by atoms with Crippen molar-refractivity contribution in [2.45, 2.75) is 63.1 Å². The number of rotatable bonds is 10. The molecule has 2 aromatic carbocycles. The van der Waals surface area contributed by atoms with Crippen molar-refractivity contribution in [1.82, 2.24) is 10.6 Å². The molecule has 0 radical (unpaired) electrons. The van der Waals surface area contributed by atoms with E-state index in [2.05, 4.69) is 10.6 Å². The average Bonchev–Trinajstić information content (AvgIpc) is 2.85. The molecule has 194 valence electrons. The zero-order valence-electron chi connectivity index (χ0n) is 20.6. The normalized spacial score (nSPS) is 28.1. The summed E-state index contributed by atoms with van der Waals surface area (Å²) in [6.45, 7) is 4.06. The molecule has 0 aromatic heterocycles. The van der Waals surface area contributed by atoms with Crippen molar-refractivity contribution in [1.29, 1.82) is 0 Å². The van der Waals surface area contributed by atoms with Gasteiger partial charge in [-0.2, -0.15) is 0 Å². The highest BCUT2D eigenvalue weighted by Crippen LogP contribution is 2.48. The van der Waals surface area contributed by atoms with E-state index < -0.39 is 34.2 Å². The highest BCUT2D eigenvalue weighted by molar-refractivity contribution is 5.77. The maximum absolute atomic E-state index is 13.0. The number of nitro groups is 1. The van der Waals surface area contributed by atoms with Gasteiger partial charge in [0, 0.05) is 30.2 Å². The highest BCUT2D eigenvalue weighted by Gasteiger charge is 2.58. The molecular formula is C26H34N4O6. The molecule has 5 unspecified atom stereocenters. The lowest BCUT2D eigenvalue weighted by atomic mass is 9.80. The van der Waals surface area contributed by atoms with Crippen molar-refractivity contribution >= 4 is 11.7 Å². The second-order valence-electron chi connectivity index (χ2n) is 10.2. The third-order valence-electron chi connectivity index (χ3n) is 7.19. The van der Waals surface area contributed by atoms with Crippen LogP contribution in [0.25, 0.3) is 0 Å². The third-order valence-corrected chi connectivity index (χ3v) is 7.19. The minimum absolute atomic E-state index is 0.0230. The highest BCUT2D eigenvalue weighted by atomic mass is 16.7. The topological polar surface area (TPSA) is 149 Å². The van der Waals surface area contributed by atoms with Gasteiger partial charge in [-0.1, -0.05) is 56.3 Å². The number of nitrogens with two attached hydrogens (primary N) is 1. The first-order chi connectivity index (χ1) is 17.2. The number of hydrogen-bond donors (Lipinski definition) is 4. The SMILES string of the molecule is CC1(C)COC(C(=O)O)(C(Cc2ccccc2)NC2CCC2NCN)OC1c1ccccc1[N+](=O)[O-]. The minimum atomic E-state index is -2.07. The summed E-state index contributed by atoms with van der Waals surface area (Å²) in [5.41, 5.74) is 6.09. The molecule has 5 atom stereocenters. The van der Waals surface area contributed by atoms with Crippen molar-refractivity contribution in [3.63, 3.8) is 0 Å². The Labute approximate surface area is 210 Å². The number of hydrogen-bond acceptors (Lipinski definition) is 8. The molecule has 1 saturated heterocycles. The molecule has 2 aliphatic rings. The molecule has 0 bridgehead atoms. The number of para-hydroxylation sites is 1. The molecule has 2 fully saturated rings. The average molecular weight is 499 g/mol. The fourth-order valence-electron chi connectivity index (χ4n) is 5.05. The van der Waals surface area contributed by atoms with E-state index in [-0.39, 0.29) is 24.4 Å². The summed E-state index contributed by atoms with van der Waals surface area (Å²) in [7, 11) is 0. The molecule has 1 saturated carbocycles. The van der Waals surface area contributed by atoms with Crippen LogP contribution >= 0.6 is 0 Å². The van der Waals surface area contributed by atoms with Crippen molar-refractivity contribution in [3.05, 3.63) is 75.8 Å². The zero-order valence-corrected chi connectivity index (χ0v) is 20.6. The van der Waals surface area contributed by atoms with Crippen molar-refractivity contribution < 1.29 is 24.3 Å². The number of nitrogens with one attached hydrogen (secondary N) is 2. The number of benzene rings is 2. The van der Waals surface area contributed by atoms with Gasteiger partial charge in [0.25, 0.3) is 11.5 Å². The fourth-order valence-corrected chi connectivity index (χ4v) is 5.05. The van der Waals surface area contributed by atoms with Crippen molar-refractivity contribution in [2.75, 3.05) is 13.3 Å². The Kier molecular flexibility index (Phi) is 7.72. The standard InChI is InChI=1S/C26H34N4O6/c1-25(2)15-35-26(24(31)32,36-23(25)18-10-6-7-11-21(18)30(33)34)22(14-17-8-4-3-5-9-17)29-20-13-12-19(20)28-16-27/h3-11,19-20,22-23,28-29H,12-16,27H2,1-2H3,(H,31,32). The predicted molar refractivity (Wildman–Crippen MR) is 133 cm³/mol. The lowest BCUT2D eigenvalue weighted by Gasteiger charge is -2.51. The second-order valence-corrected chi connectivity index (χ2v) is 10.2. The van der Waals surface area contributed by atoms with Gasteiger partial charge in [0.2, 0.25) is 0 Å². The van der Waals surface area contributed by atoms with Crippen LogP contribution in [0.2, 0.25) is 0 Å². The molecule has 5 N–H and O–H groups in total. The molecule has 2 aromatic rings. The van der Waals surface area contributed by atoms with Crippen LogP contribution in [-0.4, -0.2) is 53.2 Å². The Morgan fingerprint density at radius 1 is 1.17 bits per heavy atom. The monoisotopic (exact) mass is 498 g/mol. The Hall–Kier alpha value is -2.89. The quantitative estimate of drug-likeness (QED) is 0.220. The van der Waals surface area contributed by atoms with E-state index in [0.717, 1.165) is 18.4 Å². The summed E-state index contributed by atoms with van der Waals surface area (Å²) in [4.78, 5) is 24.3. The van der Waals surface area contributed by atoms with Crippen LogP contribution in [0, 0.1) is 15.5 Å². The van der Waals surface area contributed by atoms with Crippen molar-refractivity contribution in [3.8, 4) is 0 Å². The van der Waals surface area contributed by atoms with Crippen LogP contribution in [0.15, 0.2) is 54.6 Å². The number of nitro benzene ring substituents is 1. The summed E-state index contributed by atoms with van der Waals surface area (Å²) in [6.07, 6.45) is 1.20. The smallest absolute Gasteiger partial charge is 0.366 e.